The Bertz CT molecular complexity index is 922. The molecule has 27 heavy (non-hydrogen) atoms. The van der Waals surface area contributed by atoms with E-state index in [4.69, 9.17) is 4.74 Å². The molecule has 4 rings (SSSR count). The highest BCUT2D eigenvalue weighted by atomic mass is 19.1. The zero-order valence-electron chi connectivity index (χ0n) is 15.9. The Morgan fingerprint density at radius 3 is 2.85 bits per heavy atom. The minimum absolute atomic E-state index is 0.278. The van der Waals surface area contributed by atoms with E-state index in [0.29, 0.717) is 31.3 Å². The summed E-state index contributed by atoms with van der Waals surface area (Å²) in [6.07, 6.45) is 4.29. The molecule has 0 saturated carbocycles. The molecule has 5 nitrogen and oxygen atoms in total. The third-order valence-electron chi connectivity index (χ3n) is 5.23. The number of halogens is 1. The minimum Gasteiger partial charge on any atom is -0.380 e. The lowest BCUT2D eigenvalue weighted by molar-refractivity contribution is 0.140. The summed E-state index contributed by atoms with van der Waals surface area (Å²) in [6, 6.07) is 9.37. The van der Waals surface area contributed by atoms with Crippen molar-refractivity contribution in [3.63, 3.8) is 0 Å². The van der Waals surface area contributed by atoms with Crippen molar-refractivity contribution < 1.29 is 9.13 Å². The van der Waals surface area contributed by atoms with E-state index in [2.05, 4.69) is 38.5 Å². The van der Waals surface area contributed by atoms with E-state index < -0.39 is 0 Å². The largest absolute Gasteiger partial charge is 0.380 e. The number of pyridine rings is 1. The maximum Gasteiger partial charge on any atom is 0.142 e. The summed E-state index contributed by atoms with van der Waals surface area (Å²) in [5.74, 6) is 1.52. The lowest BCUT2D eigenvalue weighted by atomic mass is 10.2. The molecule has 1 aliphatic heterocycles. The summed E-state index contributed by atoms with van der Waals surface area (Å²) in [5.41, 5.74) is 2.49. The van der Waals surface area contributed by atoms with E-state index in [1.54, 1.807) is 6.07 Å². The van der Waals surface area contributed by atoms with Crippen molar-refractivity contribution in [3.8, 4) is 11.4 Å². The van der Waals surface area contributed by atoms with Crippen LogP contribution in [0.3, 0.4) is 0 Å². The lowest BCUT2D eigenvalue weighted by Gasteiger charge is -2.22. The normalized spacial score (nSPS) is 17.1. The van der Waals surface area contributed by atoms with Crippen molar-refractivity contribution in [2.24, 2.45) is 0 Å². The fourth-order valence-corrected chi connectivity index (χ4v) is 3.81. The van der Waals surface area contributed by atoms with Crippen LogP contribution in [-0.2, 0) is 11.3 Å². The standard InChI is InChI=1S/C21H25FN4O/c1-3-27-12-11-26-19-8-7-17(22)13-18(19)24-21(26)16-6-9-20(23-14-16)25-10-4-5-15(25)2/h6-9,13-15H,3-5,10-12H2,1-2H3. The number of fused-ring (bicyclic) bond motifs is 1. The van der Waals surface area contributed by atoms with Gasteiger partial charge in [-0.25, -0.2) is 14.4 Å². The molecule has 1 atom stereocenters. The van der Waals surface area contributed by atoms with Crippen molar-refractivity contribution in [2.45, 2.75) is 39.3 Å². The molecule has 1 fully saturated rings. The smallest absolute Gasteiger partial charge is 0.142 e. The molecule has 0 N–H and O–H groups in total. The molecule has 0 aliphatic carbocycles. The third-order valence-corrected chi connectivity index (χ3v) is 5.23. The fourth-order valence-electron chi connectivity index (χ4n) is 3.81. The van der Waals surface area contributed by atoms with Gasteiger partial charge in [-0.3, -0.25) is 0 Å². The quantitative estimate of drug-likeness (QED) is 0.610. The highest BCUT2D eigenvalue weighted by molar-refractivity contribution is 5.80. The Labute approximate surface area is 158 Å². The molecule has 3 heterocycles. The molecule has 6 heteroatoms. The number of aromatic nitrogens is 3. The van der Waals surface area contributed by atoms with Gasteiger partial charge in [-0.1, -0.05) is 0 Å². The van der Waals surface area contributed by atoms with E-state index in [0.717, 1.165) is 29.3 Å². The van der Waals surface area contributed by atoms with Crippen LogP contribution in [-0.4, -0.2) is 40.3 Å². The van der Waals surface area contributed by atoms with Gasteiger partial charge in [-0.15, -0.1) is 0 Å². The van der Waals surface area contributed by atoms with Crippen LogP contribution >= 0.6 is 0 Å². The maximum absolute atomic E-state index is 13.7. The molecule has 1 saturated heterocycles. The Morgan fingerprint density at radius 1 is 1.26 bits per heavy atom. The summed E-state index contributed by atoms with van der Waals surface area (Å²) in [5, 5.41) is 0. The zero-order valence-corrected chi connectivity index (χ0v) is 15.9. The fraction of sp³-hybridized carbons (Fsp3) is 0.429. The molecule has 1 aliphatic rings. The molecule has 1 aromatic carbocycles. The first-order valence-electron chi connectivity index (χ1n) is 9.64. The van der Waals surface area contributed by atoms with Gasteiger partial charge in [0.1, 0.15) is 17.5 Å². The average molecular weight is 368 g/mol. The maximum atomic E-state index is 13.7. The van der Waals surface area contributed by atoms with E-state index in [-0.39, 0.29) is 5.82 Å². The third kappa shape index (κ3) is 3.54. The number of ether oxygens (including phenoxy) is 1. The first-order valence-corrected chi connectivity index (χ1v) is 9.64. The lowest BCUT2D eigenvalue weighted by Crippen LogP contribution is -2.26. The summed E-state index contributed by atoms with van der Waals surface area (Å²) in [4.78, 5) is 11.7. The van der Waals surface area contributed by atoms with Gasteiger partial charge in [0.2, 0.25) is 0 Å². The predicted molar refractivity (Wildman–Crippen MR) is 105 cm³/mol. The number of benzene rings is 1. The van der Waals surface area contributed by atoms with Crippen LogP contribution in [0.1, 0.15) is 26.7 Å². The molecule has 3 aromatic rings. The second-order valence-electron chi connectivity index (χ2n) is 7.01. The molecule has 0 spiro atoms. The SMILES string of the molecule is CCOCCn1c(-c2ccc(N3CCCC3C)nc2)nc2cc(F)ccc21. The number of hydrogen-bond donors (Lipinski definition) is 0. The average Bonchev–Trinajstić information content (AvgIpc) is 3.25. The number of hydrogen-bond acceptors (Lipinski definition) is 4. The van der Waals surface area contributed by atoms with Gasteiger partial charge in [0.25, 0.3) is 0 Å². The van der Waals surface area contributed by atoms with Crippen LogP contribution in [0.15, 0.2) is 36.5 Å². The van der Waals surface area contributed by atoms with Gasteiger partial charge < -0.3 is 14.2 Å². The van der Waals surface area contributed by atoms with Crippen molar-refractivity contribution in [1.29, 1.82) is 0 Å². The van der Waals surface area contributed by atoms with E-state index in [9.17, 15) is 4.39 Å². The van der Waals surface area contributed by atoms with Gasteiger partial charge in [0.15, 0.2) is 0 Å². The molecular formula is C21H25FN4O. The molecule has 0 bridgehead atoms. The van der Waals surface area contributed by atoms with Crippen LogP contribution in [0.5, 0.6) is 0 Å². The second-order valence-corrected chi connectivity index (χ2v) is 7.01. The molecule has 142 valence electrons. The number of imidazole rings is 1. The van der Waals surface area contributed by atoms with Crippen LogP contribution < -0.4 is 4.90 Å². The first-order chi connectivity index (χ1) is 13.2. The van der Waals surface area contributed by atoms with E-state index >= 15 is 0 Å². The van der Waals surface area contributed by atoms with E-state index in [1.807, 2.05) is 13.1 Å². The Morgan fingerprint density at radius 2 is 2.15 bits per heavy atom. The Kier molecular flexibility index (Phi) is 5.07. The van der Waals surface area contributed by atoms with Crippen LogP contribution in [0.25, 0.3) is 22.4 Å². The molecular weight excluding hydrogens is 343 g/mol. The monoisotopic (exact) mass is 368 g/mol. The van der Waals surface area contributed by atoms with Crippen LogP contribution in [0.2, 0.25) is 0 Å². The van der Waals surface area contributed by atoms with Crippen LogP contribution in [0.4, 0.5) is 10.2 Å². The Hall–Kier alpha value is -2.47. The van der Waals surface area contributed by atoms with E-state index in [1.165, 1.54) is 25.0 Å². The zero-order chi connectivity index (χ0) is 18.8. The second kappa shape index (κ2) is 7.64. The predicted octanol–water partition coefficient (Wildman–Crippen LogP) is 4.26. The highest BCUT2D eigenvalue weighted by Crippen LogP contribution is 2.28. The Balaban J connectivity index is 1.70. The van der Waals surface area contributed by atoms with Crippen molar-refractivity contribution in [3.05, 3.63) is 42.3 Å². The minimum atomic E-state index is -0.278. The van der Waals surface area contributed by atoms with Gasteiger partial charge in [0.05, 0.1) is 17.6 Å². The summed E-state index contributed by atoms with van der Waals surface area (Å²) < 4.78 is 21.3. The van der Waals surface area contributed by atoms with Gasteiger partial charge in [-0.05, 0) is 51.0 Å². The first kappa shape index (κ1) is 17.9. The van der Waals surface area contributed by atoms with Gasteiger partial charge >= 0.3 is 0 Å². The van der Waals surface area contributed by atoms with Crippen molar-refractivity contribution in [1.82, 2.24) is 14.5 Å². The highest BCUT2D eigenvalue weighted by Gasteiger charge is 2.21. The molecule has 2 aromatic heterocycles. The van der Waals surface area contributed by atoms with Crippen molar-refractivity contribution in [2.75, 3.05) is 24.7 Å². The van der Waals surface area contributed by atoms with Crippen LogP contribution in [0, 0.1) is 5.82 Å². The number of rotatable bonds is 6. The van der Waals surface area contributed by atoms with Gasteiger partial charge in [-0.2, -0.15) is 0 Å². The topological polar surface area (TPSA) is 43.2 Å². The number of nitrogens with zero attached hydrogens (tertiary/aromatic N) is 4. The molecule has 0 amide bonds. The van der Waals surface area contributed by atoms with Gasteiger partial charge in [0, 0.05) is 43.6 Å². The molecule has 1 unspecified atom stereocenters. The van der Waals surface area contributed by atoms with Crippen molar-refractivity contribution >= 4 is 16.9 Å². The molecule has 0 radical (unpaired) electrons. The summed E-state index contributed by atoms with van der Waals surface area (Å²) in [7, 11) is 0. The summed E-state index contributed by atoms with van der Waals surface area (Å²) in [6.45, 7) is 7.19. The summed E-state index contributed by atoms with van der Waals surface area (Å²) >= 11 is 0. The number of anilines is 1.